The third kappa shape index (κ3) is 3.39. The SMILES string of the molecule is CCCCOC1CC(O)(c2cc(C(=O)OC)cnc2OC)C1. The molecule has 1 heterocycles. The first-order valence-corrected chi connectivity index (χ1v) is 7.51. The number of unbranched alkanes of at least 4 members (excludes halogenated alkanes) is 1. The summed E-state index contributed by atoms with van der Waals surface area (Å²) in [5.74, 6) is -0.169. The normalized spacial score (nSPS) is 23.7. The Balaban J connectivity index is 2.12. The van der Waals surface area contributed by atoms with E-state index in [1.165, 1.54) is 20.4 Å². The summed E-state index contributed by atoms with van der Waals surface area (Å²) in [6.45, 7) is 2.81. The average molecular weight is 309 g/mol. The van der Waals surface area contributed by atoms with Gasteiger partial charge in [0.25, 0.3) is 0 Å². The smallest absolute Gasteiger partial charge is 0.339 e. The Morgan fingerprint density at radius 2 is 2.18 bits per heavy atom. The van der Waals surface area contributed by atoms with Crippen LogP contribution in [0.5, 0.6) is 5.88 Å². The number of ether oxygens (including phenoxy) is 3. The molecule has 2 rings (SSSR count). The molecule has 1 fully saturated rings. The first kappa shape index (κ1) is 16.7. The first-order chi connectivity index (χ1) is 10.5. The van der Waals surface area contributed by atoms with Gasteiger partial charge in [0, 0.05) is 31.2 Å². The second-order valence-electron chi connectivity index (χ2n) is 5.56. The fourth-order valence-electron chi connectivity index (χ4n) is 2.60. The van der Waals surface area contributed by atoms with E-state index in [9.17, 15) is 9.90 Å². The minimum Gasteiger partial charge on any atom is -0.481 e. The molecule has 1 N–H and O–H groups in total. The maximum atomic E-state index is 11.6. The lowest BCUT2D eigenvalue weighted by molar-refractivity contribution is -0.146. The number of carbonyl (C=O) groups is 1. The standard InChI is InChI=1S/C16H23NO5/c1-4-5-6-22-12-8-16(19,9-12)13-7-11(15(18)21-3)10-17-14(13)20-2/h7,10,12,19H,4-6,8-9H2,1-3H3. The molecule has 1 saturated carbocycles. The molecule has 1 aliphatic rings. The summed E-state index contributed by atoms with van der Waals surface area (Å²) in [7, 11) is 2.79. The van der Waals surface area contributed by atoms with E-state index >= 15 is 0 Å². The molecule has 122 valence electrons. The number of esters is 1. The molecule has 0 aliphatic heterocycles. The van der Waals surface area contributed by atoms with E-state index < -0.39 is 11.6 Å². The van der Waals surface area contributed by atoms with Crippen molar-refractivity contribution in [2.75, 3.05) is 20.8 Å². The van der Waals surface area contributed by atoms with Crippen molar-refractivity contribution in [3.8, 4) is 5.88 Å². The van der Waals surface area contributed by atoms with Crippen LogP contribution in [0.25, 0.3) is 0 Å². The molecule has 0 saturated heterocycles. The summed E-state index contributed by atoms with van der Waals surface area (Å²) >= 11 is 0. The van der Waals surface area contributed by atoms with Gasteiger partial charge in [-0.1, -0.05) is 13.3 Å². The summed E-state index contributed by atoms with van der Waals surface area (Å²) in [5.41, 5.74) is -0.269. The zero-order valence-corrected chi connectivity index (χ0v) is 13.3. The molecule has 6 nitrogen and oxygen atoms in total. The lowest BCUT2D eigenvalue weighted by Gasteiger charge is -2.43. The van der Waals surface area contributed by atoms with Gasteiger partial charge in [-0.25, -0.2) is 9.78 Å². The van der Waals surface area contributed by atoms with Crippen molar-refractivity contribution >= 4 is 5.97 Å². The number of carbonyl (C=O) groups excluding carboxylic acids is 1. The number of hydrogen-bond acceptors (Lipinski definition) is 6. The van der Waals surface area contributed by atoms with Gasteiger partial charge >= 0.3 is 5.97 Å². The molecule has 22 heavy (non-hydrogen) atoms. The Bertz CT molecular complexity index is 525. The van der Waals surface area contributed by atoms with Gasteiger partial charge in [0.1, 0.15) is 0 Å². The molecular formula is C16H23NO5. The van der Waals surface area contributed by atoms with E-state index in [2.05, 4.69) is 16.6 Å². The Morgan fingerprint density at radius 1 is 1.45 bits per heavy atom. The van der Waals surface area contributed by atoms with Gasteiger partial charge in [0.05, 0.1) is 31.5 Å². The van der Waals surface area contributed by atoms with E-state index in [1.54, 1.807) is 6.07 Å². The Hall–Kier alpha value is -1.66. The second kappa shape index (κ2) is 7.07. The quantitative estimate of drug-likeness (QED) is 0.613. The maximum absolute atomic E-state index is 11.6. The first-order valence-electron chi connectivity index (χ1n) is 7.51. The Kier molecular flexibility index (Phi) is 5.37. The zero-order chi connectivity index (χ0) is 16.2. The van der Waals surface area contributed by atoms with E-state index in [4.69, 9.17) is 9.47 Å². The molecule has 0 spiro atoms. The van der Waals surface area contributed by atoms with Crippen molar-refractivity contribution in [2.24, 2.45) is 0 Å². The van der Waals surface area contributed by atoms with E-state index in [0.29, 0.717) is 36.5 Å². The number of hydrogen-bond donors (Lipinski definition) is 1. The van der Waals surface area contributed by atoms with Crippen molar-refractivity contribution in [1.29, 1.82) is 0 Å². The molecule has 1 aromatic heterocycles. The number of methoxy groups -OCH3 is 2. The van der Waals surface area contributed by atoms with Crippen LogP contribution in [0.3, 0.4) is 0 Å². The van der Waals surface area contributed by atoms with Crippen LogP contribution in [-0.4, -0.2) is 43.0 Å². The van der Waals surface area contributed by atoms with Gasteiger partial charge in [-0.05, 0) is 12.5 Å². The van der Waals surface area contributed by atoms with Gasteiger partial charge in [0.15, 0.2) is 0 Å². The number of aliphatic hydroxyl groups is 1. The van der Waals surface area contributed by atoms with Crippen LogP contribution in [0.15, 0.2) is 12.3 Å². The summed E-state index contributed by atoms with van der Waals surface area (Å²) in [6.07, 6.45) is 4.44. The van der Waals surface area contributed by atoms with Crippen LogP contribution in [0, 0.1) is 0 Å². The van der Waals surface area contributed by atoms with Gasteiger partial charge in [0.2, 0.25) is 5.88 Å². The highest BCUT2D eigenvalue weighted by atomic mass is 16.5. The third-order valence-corrected chi connectivity index (χ3v) is 3.95. The summed E-state index contributed by atoms with van der Waals surface area (Å²) in [5, 5.41) is 10.7. The van der Waals surface area contributed by atoms with E-state index in [-0.39, 0.29) is 6.10 Å². The number of pyridine rings is 1. The Labute approximate surface area is 130 Å². The highest BCUT2D eigenvalue weighted by Gasteiger charge is 2.47. The summed E-state index contributed by atoms with van der Waals surface area (Å²) in [6, 6.07) is 1.58. The van der Waals surface area contributed by atoms with Gasteiger partial charge in [-0.3, -0.25) is 0 Å². The van der Waals surface area contributed by atoms with Gasteiger partial charge < -0.3 is 19.3 Å². The highest BCUT2D eigenvalue weighted by Crippen LogP contribution is 2.46. The van der Waals surface area contributed by atoms with E-state index in [0.717, 1.165) is 12.8 Å². The van der Waals surface area contributed by atoms with Crippen LogP contribution >= 0.6 is 0 Å². The second-order valence-corrected chi connectivity index (χ2v) is 5.56. The van der Waals surface area contributed by atoms with Crippen molar-refractivity contribution in [3.63, 3.8) is 0 Å². The van der Waals surface area contributed by atoms with Crippen LogP contribution in [0.4, 0.5) is 0 Å². The average Bonchev–Trinajstić information content (AvgIpc) is 2.51. The monoisotopic (exact) mass is 309 g/mol. The number of aromatic nitrogens is 1. The number of nitrogens with zero attached hydrogens (tertiary/aromatic N) is 1. The third-order valence-electron chi connectivity index (χ3n) is 3.95. The fourth-order valence-corrected chi connectivity index (χ4v) is 2.60. The van der Waals surface area contributed by atoms with Gasteiger partial charge in [-0.2, -0.15) is 0 Å². The Morgan fingerprint density at radius 3 is 2.77 bits per heavy atom. The summed E-state index contributed by atoms with van der Waals surface area (Å²) < 4.78 is 15.6. The molecule has 0 radical (unpaired) electrons. The number of rotatable bonds is 7. The van der Waals surface area contributed by atoms with Crippen LogP contribution in [-0.2, 0) is 15.1 Å². The zero-order valence-electron chi connectivity index (χ0n) is 13.3. The maximum Gasteiger partial charge on any atom is 0.339 e. The fraction of sp³-hybridized carbons (Fsp3) is 0.625. The minimum atomic E-state index is -1.07. The molecule has 6 heteroatoms. The molecule has 1 aromatic rings. The lowest BCUT2D eigenvalue weighted by Crippen LogP contribution is -2.46. The topological polar surface area (TPSA) is 77.9 Å². The van der Waals surface area contributed by atoms with Crippen LogP contribution in [0.1, 0.15) is 48.5 Å². The molecule has 0 aromatic carbocycles. The predicted octanol–water partition coefficient (Wildman–Crippen LogP) is 2.04. The largest absolute Gasteiger partial charge is 0.481 e. The molecule has 0 amide bonds. The molecule has 0 unspecified atom stereocenters. The minimum absolute atomic E-state index is 0.0306. The highest BCUT2D eigenvalue weighted by molar-refractivity contribution is 5.89. The molecule has 0 atom stereocenters. The van der Waals surface area contributed by atoms with Crippen molar-refractivity contribution < 1.29 is 24.1 Å². The van der Waals surface area contributed by atoms with Crippen molar-refractivity contribution in [3.05, 3.63) is 23.4 Å². The van der Waals surface area contributed by atoms with Crippen LogP contribution < -0.4 is 4.74 Å². The predicted molar refractivity (Wildman–Crippen MR) is 79.9 cm³/mol. The van der Waals surface area contributed by atoms with Crippen LogP contribution in [0.2, 0.25) is 0 Å². The molecule has 0 bridgehead atoms. The van der Waals surface area contributed by atoms with Crippen molar-refractivity contribution in [1.82, 2.24) is 4.98 Å². The summed E-state index contributed by atoms with van der Waals surface area (Å²) in [4.78, 5) is 15.7. The van der Waals surface area contributed by atoms with Crippen molar-refractivity contribution in [2.45, 2.75) is 44.3 Å². The molecular weight excluding hydrogens is 286 g/mol. The van der Waals surface area contributed by atoms with E-state index in [1.807, 2.05) is 0 Å². The lowest BCUT2D eigenvalue weighted by atomic mass is 9.72. The molecule has 1 aliphatic carbocycles. The van der Waals surface area contributed by atoms with Gasteiger partial charge in [-0.15, -0.1) is 0 Å².